The summed E-state index contributed by atoms with van der Waals surface area (Å²) in [7, 11) is 1.46. The van der Waals surface area contributed by atoms with Crippen LogP contribution in [0.2, 0.25) is 0 Å². The van der Waals surface area contributed by atoms with E-state index in [1.807, 2.05) is 0 Å². The largest absolute Gasteiger partial charge is 0.507 e. The molecule has 2 aliphatic carbocycles. The highest BCUT2D eigenvalue weighted by molar-refractivity contribution is 6.34. The molecule has 9 atom stereocenters. The van der Waals surface area contributed by atoms with Crippen LogP contribution in [0.1, 0.15) is 146 Å². The molecule has 1 saturated carbocycles. The number of carbonyl (C=O) groups excluding carboxylic acids is 5. The Bertz CT molecular complexity index is 2630. The number of hydrogen-bond acceptors (Lipinski definition) is 16. The highest BCUT2D eigenvalue weighted by Crippen LogP contribution is 2.50. The summed E-state index contributed by atoms with van der Waals surface area (Å²) in [6.45, 7) is 23.7. The summed E-state index contributed by atoms with van der Waals surface area (Å²) < 4.78 is 25.1. The van der Waals surface area contributed by atoms with Crippen molar-refractivity contribution in [2.24, 2.45) is 40.0 Å². The van der Waals surface area contributed by atoms with Gasteiger partial charge in [0, 0.05) is 119 Å². The number of rotatable bonds is 7. The Morgan fingerprint density at radius 2 is 1.55 bits per heavy atom. The predicted molar refractivity (Wildman–Crippen MR) is 290 cm³/mol. The number of nitrogens with zero attached hydrogens (tertiary/aromatic N) is 4. The zero-order valence-corrected chi connectivity index (χ0v) is 47.4. The second-order valence-electron chi connectivity index (χ2n) is 24.1. The normalized spacial score (nSPS) is 32.4. The van der Waals surface area contributed by atoms with Crippen molar-refractivity contribution in [3.8, 4) is 11.5 Å². The maximum atomic E-state index is 15.0. The summed E-state index contributed by atoms with van der Waals surface area (Å²) in [5.74, 6) is -8.04. The number of hydrogen-bond donors (Lipinski definition) is 5. The van der Waals surface area contributed by atoms with Crippen LogP contribution in [-0.4, -0.2) is 160 Å². The van der Waals surface area contributed by atoms with Gasteiger partial charge in [-0.05, 0) is 52.5 Å². The van der Waals surface area contributed by atoms with Crippen LogP contribution in [0.3, 0.4) is 0 Å². The molecule has 1 spiro atoms. The smallest absolute Gasteiger partial charge is 0.321 e. The van der Waals surface area contributed by atoms with Crippen LogP contribution in [0.15, 0.2) is 52.5 Å². The van der Waals surface area contributed by atoms with E-state index in [0.717, 1.165) is 32.5 Å². The topological polar surface area (TPSA) is 229 Å². The molecule has 9 rings (SSSR count). The number of aromatic hydroxyl groups is 1. The van der Waals surface area contributed by atoms with Gasteiger partial charge in [-0.15, -0.1) is 0 Å². The molecule has 2 saturated heterocycles. The predicted octanol–water partition coefficient (Wildman–Crippen LogP) is 6.10. The number of aliphatic hydroxyl groups is 2. The van der Waals surface area contributed by atoms with E-state index in [-0.39, 0.29) is 56.6 Å². The molecule has 1 aromatic carbocycles. The number of esters is 1. The van der Waals surface area contributed by atoms with E-state index in [1.165, 1.54) is 52.6 Å². The molecule has 0 aromatic heterocycles. The standard InChI is InChI=1S/C59H84N6O12/c1-32(2)31-63-24-22-59(23-25-63)61-44-41-42-49(68)38(8)52-43(41)53(70)58(11,77-52)75-30-21-40(74-12)35(5)51(76-56(73)57(9,10)55(72)65-28-26-64(27-29-65)39-19-14-13-15-20-39)37(7)48(67)36(6)47(66)33(3)17-16-18-34(4)54(71)60-46(50(42)69)45(44)62-59/h16-18,21,30,32-33,35-37,39-40,47-48,51,62,66-68H,13-15,19-20,22-29,31H2,1-12H3,(H,60,71)/b17-16+,30-21+,34-18-/t33-,35+,36+,37+,40-,47-,48+,51+,58-/m0/s1. The van der Waals surface area contributed by atoms with Crippen LogP contribution >= 0.6 is 0 Å². The quantitative estimate of drug-likeness (QED) is 0.154. The lowest BCUT2D eigenvalue weighted by atomic mass is 9.78. The fraction of sp³-hybridized carbons (Fsp3) is 0.661. The fourth-order valence-corrected chi connectivity index (χ4v) is 12.6. The maximum absolute atomic E-state index is 15.0. The average molecular weight is 1070 g/mol. The summed E-state index contributed by atoms with van der Waals surface area (Å²) in [5, 5.41) is 42.2. The Hall–Kier alpha value is -5.40. The van der Waals surface area contributed by atoms with Crippen LogP contribution in [0.4, 0.5) is 0 Å². The third-order valence-corrected chi connectivity index (χ3v) is 17.6. The van der Waals surface area contributed by atoms with Crippen LogP contribution in [0.25, 0.3) is 0 Å². The van der Waals surface area contributed by atoms with Gasteiger partial charge in [0.25, 0.3) is 11.7 Å². The van der Waals surface area contributed by atoms with Gasteiger partial charge in [0.2, 0.25) is 11.7 Å². The van der Waals surface area contributed by atoms with E-state index in [0.29, 0.717) is 51.0 Å². The SMILES string of the molecule is CO[C@H]1/C=C/O[C@@]2(C)Oc3c(C)c(O)c4c(c3C2=O)C2=NC3(CCN(CC(C)C)CC3)NC2=C(NC(=O)/C(C)=C\C=C\[C@H](C)[C@H](O)[C@@H](C)[C@@H](O)[C@@H](C)[C@H](OC(=O)C(C)(C)C(=O)N2CCN(C3CCCCC3)CC2)[C@@H]1C)C4=O. The van der Waals surface area contributed by atoms with Crippen molar-refractivity contribution < 1.29 is 58.2 Å². The minimum Gasteiger partial charge on any atom is -0.507 e. The van der Waals surface area contributed by atoms with E-state index in [1.54, 1.807) is 71.6 Å². The van der Waals surface area contributed by atoms with E-state index < -0.39 is 94.1 Å². The zero-order valence-electron chi connectivity index (χ0n) is 47.4. The highest BCUT2D eigenvalue weighted by Gasteiger charge is 2.55. The summed E-state index contributed by atoms with van der Waals surface area (Å²) in [4.78, 5) is 84.7. The molecule has 0 radical (unpaired) electrons. The van der Waals surface area contributed by atoms with Gasteiger partial charge in [-0.1, -0.05) is 79.0 Å². The monoisotopic (exact) mass is 1070 g/mol. The number of ether oxygens (including phenoxy) is 4. The summed E-state index contributed by atoms with van der Waals surface area (Å²) in [6.07, 6.45) is 10.4. The summed E-state index contributed by atoms with van der Waals surface area (Å²) in [5.41, 5.74) is -1.97. The minimum absolute atomic E-state index is 0.00641. The van der Waals surface area contributed by atoms with Gasteiger partial charge in [-0.25, -0.2) is 0 Å². The maximum Gasteiger partial charge on any atom is 0.321 e. The van der Waals surface area contributed by atoms with Gasteiger partial charge in [-0.2, -0.15) is 0 Å². The second kappa shape index (κ2) is 22.8. The number of phenols is 1. The first-order chi connectivity index (χ1) is 36.3. The number of benzene rings is 1. The van der Waals surface area contributed by atoms with Crippen LogP contribution < -0.4 is 15.4 Å². The van der Waals surface area contributed by atoms with Crippen molar-refractivity contribution in [3.63, 3.8) is 0 Å². The third kappa shape index (κ3) is 11.2. The number of methoxy groups -OCH3 is 1. The zero-order chi connectivity index (χ0) is 56.1. The third-order valence-electron chi connectivity index (χ3n) is 17.6. The van der Waals surface area contributed by atoms with Crippen molar-refractivity contribution in [1.82, 2.24) is 25.3 Å². The molecular weight excluding hydrogens is 985 g/mol. The van der Waals surface area contributed by atoms with Gasteiger partial charge in [-0.3, -0.25) is 33.9 Å². The summed E-state index contributed by atoms with van der Waals surface area (Å²) in [6, 6.07) is 0.512. The Morgan fingerprint density at radius 1 is 0.883 bits per heavy atom. The first-order valence-corrected chi connectivity index (χ1v) is 28.0. The Morgan fingerprint density at radius 3 is 2.18 bits per heavy atom. The number of piperidine rings is 1. The number of carbonyl (C=O) groups is 5. The van der Waals surface area contributed by atoms with Gasteiger partial charge >= 0.3 is 11.8 Å². The van der Waals surface area contributed by atoms with Gasteiger partial charge in [0.05, 0.1) is 47.1 Å². The Kier molecular flexibility index (Phi) is 17.1. The van der Waals surface area contributed by atoms with Crippen LogP contribution in [-0.2, 0) is 28.6 Å². The molecule has 8 aliphatic rings. The Labute approximate surface area is 454 Å². The average Bonchev–Trinajstić information content (AvgIpc) is 4.17. The molecule has 5 N–H and O–H groups in total. The van der Waals surface area contributed by atoms with E-state index in [9.17, 15) is 34.5 Å². The molecule has 422 valence electrons. The Balaban J connectivity index is 1.14. The summed E-state index contributed by atoms with van der Waals surface area (Å²) >= 11 is 0. The lowest BCUT2D eigenvalue weighted by molar-refractivity contribution is -0.178. The molecule has 77 heavy (non-hydrogen) atoms. The van der Waals surface area contributed by atoms with Crippen LogP contribution in [0, 0.1) is 41.9 Å². The molecule has 5 bridgehead atoms. The first kappa shape index (κ1) is 57.8. The van der Waals surface area contributed by atoms with Crippen LogP contribution in [0.5, 0.6) is 11.5 Å². The second-order valence-corrected chi connectivity index (χ2v) is 24.1. The molecule has 6 aliphatic heterocycles. The lowest BCUT2D eigenvalue weighted by Gasteiger charge is -2.43. The number of aliphatic hydroxyl groups excluding tert-OH is 2. The molecule has 18 heteroatoms. The van der Waals surface area contributed by atoms with E-state index in [4.69, 9.17) is 23.9 Å². The number of ketones is 2. The molecule has 1 aromatic rings. The van der Waals surface area contributed by atoms with Crippen molar-refractivity contribution in [3.05, 3.63) is 69.8 Å². The van der Waals surface area contributed by atoms with E-state index in [2.05, 4.69) is 34.3 Å². The molecule has 3 fully saturated rings. The van der Waals surface area contributed by atoms with Crippen molar-refractivity contribution in [1.29, 1.82) is 0 Å². The van der Waals surface area contributed by atoms with Gasteiger partial charge < -0.3 is 54.7 Å². The number of fused-ring (bicyclic) bond motifs is 13. The van der Waals surface area contributed by atoms with Gasteiger partial charge in [0.1, 0.15) is 34.4 Å². The highest BCUT2D eigenvalue weighted by atomic mass is 16.7. The molecule has 6 heterocycles. The number of aliphatic imine (C=N–C) groups is 1. The van der Waals surface area contributed by atoms with E-state index >= 15 is 4.79 Å². The number of likely N-dealkylation sites (tertiary alicyclic amines) is 1. The lowest BCUT2D eigenvalue weighted by Crippen LogP contribution is -2.56. The molecule has 0 unspecified atom stereocenters. The number of nitrogens with one attached hydrogen (secondary N) is 2. The van der Waals surface area contributed by atoms with Gasteiger partial charge in [0.15, 0.2) is 0 Å². The number of phenolic OH excluding ortho intramolecular Hbond substituents is 1. The molecule has 2 amide bonds. The molecule has 18 nitrogen and oxygen atoms in total. The first-order valence-electron chi connectivity index (χ1n) is 28.0. The number of amides is 2. The van der Waals surface area contributed by atoms with Crippen molar-refractivity contribution in [2.75, 3.05) is 52.9 Å². The van der Waals surface area contributed by atoms with Crippen molar-refractivity contribution >= 4 is 35.1 Å². The molecular formula is C59H84N6O12. The number of piperazine rings is 1. The number of allylic oxidation sites excluding steroid dienone is 4. The minimum atomic E-state index is -2.03. The number of Topliss-reactive ketones (excluding diaryl/α,β-unsaturated/α-hetero) is 2. The van der Waals surface area contributed by atoms with Crippen molar-refractivity contribution in [2.45, 2.75) is 163 Å². The fourth-order valence-electron chi connectivity index (χ4n) is 12.6.